The minimum absolute atomic E-state index is 0.736. The standard InChI is InChI=1S/C13H23NO/c1-11(2)7-9-15-10-8-14-12(3)5-6-13(14)4/h5-6,11H,7-10H2,1-4H3. The largest absolute Gasteiger partial charge is 0.380 e. The van der Waals surface area contributed by atoms with Crippen LogP contribution in [-0.4, -0.2) is 17.8 Å². The van der Waals surface area contributed by atoms with Gasteiger partial charge in [-0.3, -0.25) is 0 Å². The molecule has 0 saturated carbocycles. The number of nitrogens with zero attached hydrogens (tertiary/aromatic N) is 1. The molecule has 15 heavy (non-hydrogen) atoms. The molecule has 0 unspecified atom stereocenters. The lowest BCUT2D eigenvalue weighted by Gasteiger charge is -2.10. The van der Waals surface area contributed by atoms with Crippen molar-refractivity contribution >= 4 is 0 Å². The highest BCUT2D eigenvalue weighted by molar-refractivity contribution is 5.13. The summed E-state index contributed by atoms with van der Waals surface area (Å²) in [5.41, 5.74) is 2.64. The van der Waals surface area contributed by atoms with E-state index < -0.39 is 0 Å². The summed E-state index contributed by atoms with van der Waals surface area (Å²) in [4.78, 5) is 0. The molecular formula is C13H23NO. The van der Waals surface area contributed by atoms with Gasteiger partial charge >= 0.3 is 0 Å². The summed E-state index contributed by atoms with van der Waals surface area (Å²) in [5, 5.41) is 0. The van der Waals surface area contributed by atoms with Crippen molar-refractivity contribution in [3.8, 4) is 0 Å². The zero-order valence-electron chi connectivity index (χ0n) is 10.4. The van der Waals surface area contributed by atoms with E-state index in [-0.39, 0.29) is 0 Å². The summed E-state index contributed by atoms with van der Waals surface area (Å²) < 4.78 is 7.91. The number of ether oxygens (including phenoxy) is 1. The summed E-state index contributed by atoms with van der Waals surface area (Å²) in [7, 11) is 0. The molecule has 0 N–H and O–H groups in total. The Morgan fingerprint density at radius 1 is 1.13 bits per heavy atom. The smallest absolute Gasteiger partial charge is 0.0645 e. The Kier molecular flexibility index (Phi) is 4.89. The van der Waals surface area contributed by atoms with Crippen LogP contribution in [0.1, 0.15) is 31.7 Å². The molecule has 0 fully saturated rings. The molecule has 1 heterocycles. The van der Waals surface area contributed by atoms with E-state index in [1.54, 1.807) is 0 Å². The maximum absolute atomic E-state index is 5.61. The van der Waals surface area contributed by atoms with Gasteiger partial charge in [0.25, 0.3) is 0 Å². The summed E-state index contributed by atoms with van der Waals surface area (Å²) >= 11 is 0. The monoisotopic (exact) mass is 209 g/mol. The Hall–Kier alpha value is -0.760. The first-order valence-electron chi connectivity index (χ1n) is 5.81. The van der Waals surface area contributed by atoms with E-state index in [2.05, 4.69) is 44.4 Å². The first kappa shape index (κ1) is 12.3. The molecule has 1 rings (SSSR count). The summed E-state index contributed by atoms with van der Waals surface area (Å²) in [6, 6.07) is 4.31. The first-order valence-corrected chi connectivity index (χ1v) is 5.81. The number of hydrogen-bond donors (Lipinski definition) is 0. The van der Waals surface area contributed by atoms with Gasteiger partial charge in [0.15, 0.2) is 0 Å². The van der Waals surface area contributed by atoms with Gasteiger partial charge in [0, 0.05) is 24.5 Å². The summed E-state index contributed by atoms with van der Waals surface area (Å²) in [5.74, 6) is 0.736. The minimum Gasteiger partial charge on any atom is -0.380 e. The van der Waals surface area contributed by atoms with Gasteiger partial charge in [-0.05, 0) is 38.3 Å². The summed E-state index contributed by atoms with van der Waals surface area (Å²) in [6.45, 7) is 11.4. The topological polar surface area (TPSA) is 14.2 Å². The van der Waals surface area contributed by atoms with Crippen LogP contribution in [0.5, 0.6) is 0 Å². The Labute approximate surface area is 93.2 Å². The van der Waals surface area contributed by atoms with Gasteiger partial charge in [-0.25, -0.2) is 0 Å². The van der Waals surface area contributed by atoms with Crippen molar-refractivity contribution in [1.29, 1.82) is 0 Å². The molecule has 0 aromatic carbocycles. The molecule has 0 spiro atoms. The van der Waals surface area contributed by atoms with E-state index in [0.717, 1.165) is 32.1 Å². The van der Waals surface area contributed by atoms with E-state index in [1.165, 1.54) is 11.4 Å². The van der Waals surface area contributed by atoms with Crippen LogP contribution in [0.2, 0.25) is 0 Å². The zero-order chi connectivity index (χ0) is 11.3. The Morgan fingerprint density at radius 3 is 2.27 bits per heavy atom. The van der Waals surface area contributed by atoms with Crippen molar-refractivity contribution in [2.75, 3.05) is 13.2 Å². The lowest BCUT2D eigenvalue weighted by molar-refractivity contribution is 0.115. The average Bonchev–Trinajstić information content (AvgIpc) is 2.47. The van der Waals surface area contributed by atoms with E-state index in [4.69, 9.17) is 4.74 Å². The molecule has 1 aromatic heterocycles. The molecule has 0 saturated heterocycles. The van der Waals surface area contributed by atoms with E-state index in [0.29, 0.717) is 0 Å². The van der Waals surface area contributed by atoms with Gasteiger partial charge in [-0.2, -0.15) is 0 Å². The molecule has 0 aliphatic heterocycles. The predicted octanol–water partition coefficient (Wildman–Crippen LogP) is 3.17. The highest BCUT2D eigenvalue weighted by Crippen LogP contribution is 2.06. The Balaban J connectivity index is 2.20. The second-order valence-corrected chi connectivity index (χ2v) is 4.56. The van der Waals surface area contributed by atoms with Crippen LogP contribution < -0.4 is 0 Å². The molecule has 2 nitrogen and oxygen atoms in total. The quantitative estimate of drug-likeness (QED) is 0.656. The van der Waals surface area contributed by atoms with Crippen LogP contribution in [-0.2, 0) is 11.3 Å². The van der Waals surface area contributed by atoms with Gasteiger partial charge in [0.1, 0.15) is 0 Å². The third-order valence-electron chi connectivity index (χ3n) is 2.72. The van der Waals surface area contributed by atoms with Crippen molar-refractivity contribution in [2.24, 2.45) is 5.92 Å². The lowest BCUT2D eigenvalue weighted by atomic mass is 10.1. The van der Waals surface area contributed by atoms with Crippen molar-refractivity contribution < 1.29 is 4.74 Å². The third kappa shape index (κ3) is 4.08. The van der Waals surface area contributed by atoms with Crippen LogP contribution in [0.15, 0.2) is 12.1 Å². The van der Waals surface area contributed by atoms with Crippen LogP contribution in [0.4, 0.5) is 0 Å². The van der Waals surface area contributed by atoms with Crippen LogP contribution in [0.25, 0.3) is 0 Å². The maximum Gasteiger partial charge on any atom is 0.0645 e. The normalized spacial score (nSPS) is 11.3. The maximum atomic E-state index is 5.61. The summed E-state index contributed by atoms with van der Waals surface area (Å²) in [6.07, 6.45) is 1.16. The fourth-order valence-corrected chi connectivity index (χ4v) is 1.63. The molecule has 86 valence electrons. The molecular weight excluding hydrogens is 186 g/mol. The van der Waals surface area contributed by atoms with Gasteiger partial charge in [-0.15, -0.1) is 0 Å². The second-order valence-electron chi connectivity index (χ2n) is 4.56. The molecule has 0 radical (unpaired) electrons. The van der Waals surface area contributed by atoms with E-state index in [1.807, 2.05) is 0 Å². The van der Waals surface area contributed by atoms with Crippen LogP contribution in [0, 0.1) is 19.8 Å². The number of aromatic nitrogens is 1. The van der Waals surface area contributed by atoms with Crippen LogP contribution in [0.3, 0.4) is 0 Å². The molecule has 0 atom stereocenters. The second kappa shape index (κ2) is 5.96. The number of aryl methyl sites for hydroxylation is 2. The van der Waals surface area contributed by atoms with Crippen molar-refractivity contribution in [1.82, 2.24) is 4.57 Å². The third-order valence-corrected chi connectivity index (χ3v) is 2.72. The SMILES string of the molecule is Cc1ccc(C)n1CCOCCC(C)C. The molecule has 1 aromatic rings. The van der Waals surface area contributed by atoms with Crippen molar-refractivity contribution in [3.63, 3.8) is 0 Å². The van der Waals surface area contributed by atoms with E-state index in [9.17, 15) is 0 Å². The fourth-order valence-electron chi connectivity index (χ4n) is 1.63. The Morgan fingerprint density at radius 2 is 1.73 bits per heavy atom. The highest BCUT2D eigenvalue weighted by Gasteiger charge is 2.00. The molecule has 2 heteroatoms. The first-order chi connectivity index (χ1) is 7.11. The van der Waals surface area contributed by atoms with Crippen LogP contribution >= 0.6 is 0 Å². The average molecular weight is 209 g/mol. The van der Waals surface area contributed by atoms with Crippen molar-refractivity contribution in [3.05, 3.63) is 23.5 Å². The fraction of sp³-hybridized carbons (Fsp3) is 0.692. The van der Waals surface area contributed by atoms with E-state index >= 15 is 0 Å². The highest BCUT2D eigenvalue weighted by atomic mass is 16.5. The number of rotatable bonds is 6. The van der Waals surface area contributed by atoms with Gasteiger partial charge in [-0.1, -0.05) is 13.8 Å². The van der Waals surface area contributed by atoms with Gasteiger partial charge < -0.3 is 9.30 Å². The Bertz CT molecular complexity index is 269. The minimum atomic E-state index is 0.736. The molecule has 0 bridgehead atoms. The number of hydrogen-bond acceptors (Lipinski definition) is 1. The zero-order valence-corrected chi connectivity index (χ0v) is 10.4. The molecule has 0 aliphatic rings. The molecule has 0 amide bonds. The lowest BCUT2D eigenvalue weighted by Crippen LogP contribution is -2.10. The van der Waals surface area contributed by atoms with Crippen molar-refractivity contribution in [2.45, 2.75) is 40.7 Å². The predicted molar refractivity (Wildman–Crippen MR) is 64.2 cm³/mol. The molecule has 0 aliphatic carbocycles. The van der Waals surface area contributed by atoms with Gasteiger partial charge in [0.05, 0.1) is 6.61 Å². The van der Waals surface area contributed by atoms with Gasteiger partial charge in [0.2, 0.25) is 0 Å².